The third kappa shape index (κ3) is 5.25. The van der Waals surface area contributed by atoms with Crippen molar-refractivity contribution in [3.05, 3.63) is 95.1 Å². The highest BCUT2D eigenvalue weighted by Gasteiger charge is 2.20. The summed E-state index contributed by atoms with van der Waals surface area (Å²) in [5.74, 6) is -1.40. The first-order chi connectivity index (χ1) is 17.4. The summed E-state index contributed by atoms with van der Waals surface area (Å²) in [6.07, 6.45) is 0.0593. The van der Waals surface area contributed by atoms with E-state index in [-0.39, 0.29) is 24.8 Å². The van der Waals surface area contributed by atoms with Gasteiger partial charge in [0.15, 0.2) is 5.88 Å². The summed E-state index contributed by atoms with van der Waals surface area (Å²) < 4.78 is 4.79. The van der Waals surface area contributed by atoms with Crippen LogP contribution in [0.5, 0.6) is 5.88 Å². The zero-order chi connectivity index (χ0) is 25.7. The van der Waals surface area contributed by atoms with E-state index < -0.39 is 11.9 Å². The number of benzene rings is 3. The molecule has 9 heteroatoms. The van der Waals surface area contributed by atoms with Crippen molar-refractivity contribution < 1.29 is 24.2 Å². The number of nitrogens with one attached hydrogen (secondary N) is 2. The fraction of sp³-hybridized carbons (Fsp3) is 0.111. The van der Waals surface area contributed by atoms with Crippen molar-refractivity contribution in [3.63, 3.8) is 0 Å². The third-order valence-electron chi connectivity index (χ3n) is 5.51. The van der Waals surface area contributed by atoms with Gasteiger partial charge in [-0.3, -0.25) is 9.59 Å². The molecular formula is C27H24N4O5. The summed E-state index contributed by atoms with van der Waals surface area (Å²) in [6, 6.07) is 20.9. The summed E-state index contributed by atoms with van der Waals surface area (Å²) in [5, 5.41) is 14.1. The first-order valence-electron chi connectivity index (χ1n) is 11.1. The number of ether oxygens (including phenoxy) is 1. The number of H-pyrrole nitrogens is 1. The average Bonchev–Trinajstić information content (AvgIpc) is 3.22. The van der Waals surface area contributed by atoms with Crippen molar-refractivity contribution in [2.75, 3.05) is 13.7 Å². The molecule has 0 aliphatic heterocycles. The molecule has 0 atom stereocenters. The minimum Gasteiger partial charge on any atom is -0.494 e. The molecule has 9 nitrogen and oxygen atoms in total. The number of primary amides is 1. The van der Waals surface area contributed by atoms with Crippen LogP contribution in [0.3, 0.4) is 0 Å². The van der Waals surface area contributed by atoms with Crippen LogP contribution in [-0.2, 0) is 9.53 Å². The van der Waals surface area contributed by atoms with Gasteiger partial charge in [-0.25, -0.2) is 9.79 Å². The molecule has 0 fully saturated rings. The standard InChI is InChI=1S/C27H24N4O5/c1-36-27(35)18-9-12-20-21(15-18)31-26(34)23(20)24(16-5-3-2-4-6-16)30-19-10-7-17(8-11-19)25(33)29-14-13-22(28)32/h2-12,15,31,34H,13-14H2,1H3,(H2,28,32)(H,29,33). The van der Waals surface area contributed by atoms with E-state index in [0.717, 1.165) is 5.56 Å². The maximum absolute atomic E-state index is 12.3. The van der Waals surface area contributed by atoms with Crippen molar-refractivity contribution >= 4 is 40.1 Å². The molecule has 2 amide bonds. The number of esters is 1. The molecule has 3 aromatic carbocycles. The molecule has 36 heavy (non-hydrogen) atoms. The van der Waals surface area contributed by atoms with Gasteiger partial charge in [-0.05, 0) is 36.4 Å². The predicted octanol–water partition coefficient (Wildman–Crippen LogP) is 3.43. The van der Waals surface area contributed by atoms with E-state index in [2.05, 4.69) is 10.3 Å². The number of nitrogens with zero attached hydrogens (tertiary/aromatic N) is 1. The second-order valence-electron chi connectivity index (χ2n) is 7.95. The second kappa shape index (κ2) is 10.6. The molecule has 182 valence electrons. The van der Waals surface area contributed by atoms with Crippen LogP contribution in [0.1, 0.15) is 38.3 Å². The normalized spacial score (nSPS) is 11.3. The van der Waals surface area contributed by atoms with E-state index in [9.17, 15) is 19.5 Å². The Kier molecular flexibility index (Phi) is 7.10. The second-order valence-corrected chi connectivity index (χ2v) is 7.95. The number of aromatic amines is 1. The maximum Gasteiger partial charge on any atom is 0.337 e. The van der Waals surface area contributed by atoms with Crippen molar-refractivity contribution in [2.45, 2.75) is 6.42 Å². The van der Waals surface area contributed by atoms with Crippen LogP contribution in [0.15, 0.2) is 77.8 Å². The van der Waals surface area contributed by atoms with Gasteiger partial charge >= 0.3 is 5.97 Å². The molecule has 0 spiro atoms. The van der Waals surface area contributed by atoms with E-state index in [1.165, 1.54) is 7.11 Å². The summed E-state index contributed by atoms with van der Waals surface area (Å²) >= 11 is 0. The smallest absolute Gasteiger partial charge is 0.337 e. The molecule has 0 aliphatic carbocycles. The summed E-state index contributed by atoms with van der Waals surface area (Å²) in [5.41, 5.74) is 8.70. The van der Waals surface area contributed by atoms with E-state index in [0.29, 0.717) is 39.0 Å². The van der Waals surface area contributed by atoms with E-state index >= 15 is 0 Å². The lowest BCUT2D eigenvalue weighted by Crippen LogP contribution is -2.27. The van der Waals surface area contributed by atoms with Crippen LogP contribution in [0.25, 0.3) is 10.9 Å². The highest BCUT2D eigenvalue weighted by molar-refractivity contribution is 6.22. The Bertz CT molecular complexity index is 1460. The monoisotopic (exact) mass is 484 g/mol. The van der Waals surface area contributed by atoms with Crippen molar-refractivity contribution in [1.82, 2.24) is 10.3 Å². The number of carbonyl (C=O) groups excluding carboxylic acids is 3. The minimum absolute atomic E-state index is 0.0593. The highest BCUT2D eigenvalue weighted by Crippen LogP contribution is 2.32. The first kappa shape index (κ1) is 24.2. The molecule has 0 saturated carbocycles. The molecule has 4 rings (SSSR count). The summed E-state index contributed by atoms with van der Waals surface area (Å²) in [7, 11) is 1.31. The fourth-order valence-corrected chi connectivity index (χ4v) is 3.75. The van der Waals surface area contributed by atoms with Gasteiger partial charge in [0.1, 0.15) is 0 Å². The first-order valence-corrected chi connectivity index (χ1v) is 11.1. The van der Waals surface area contributed by atoms with Gasteiger partial charge in [-0.1, -0.05) is 36.4 Å². The summed E-state index contributed by atoms with van der Waals surface area (Å²) in [6.45, 7) is 0.157. The Hall–Kier alpha value is -4.92. The highest BCUT2D eigenvalue weighted by atomic mass is 16.5. The Balaban J connectivity index is 1.73. The lowest BCUT2D eigenvalue weighted by Gasteiger charge is -2.09. The Morgan fingerprint density at radius 1 is 0.972 bits per heavy atom. The van der Waals surface area contributed by atoms with E-state index in [4.69, 9.17) is 15.5 Å². The molecular weight excluding hydrogens is 460 g/mol. The number of carbonyl (C=O) groups is 3. The molecule has 1 heterocycles. The number of aliphatic imine (C=N–C) groups is 1. The van der Waals surface area contributed by atoms with Gasteiger partial charge in [-0.2, -0.15) is 0 Å². The van der Waals surface area contributed by atoms with Crippen LogP contribution < -0.4 is 11.1 Å². The molecule has 0 bridgehead atoms. The molecule has 0 radical (unpaired) electrons. The number of aromatic nitrogens is 1. The van der Waals surface area contributed by atoms with Gasteiger partial charge in [0, 0.05) is 35.0 Å². The zero-order valence-electron chi connectivity index (χ0n) is 19.4. The number of methoxy groups -OCH3 is 1. The predicted molar refractivity (Wildman–Crippen MR) is 136 cm³/mol. The van der Waals surface area contributed by atoms with Gasteiger partial charge in [0.05, 0.1) is 29.6 Å². The van der Waals surface area contributed by atoms with Crippen LogP contribution >= 0.6 is 0 Å². The Morgan fingerprint density at radius 2 is 1.67 bits per heavy atom. The number of aromatic hydroxyl groups is 1. The van der Waals surface area contributed by atoms with Gasteiger partial charge in [0.25, 0.3) is 5.91 Å². The lowest BCUT2D eigenvalue weighted by atomic mass is 10.00. The van der Waals surface area contributed by atoms with Crippen LogP contribution in [0.2, 0.25) is 0 Å². The van der Waals surface area contributed by atoms with E-state index in [1.54, 1.807) is 42.5 Å². The third-order valence-corrected chi connectivity index (χ3v) is 5.51. The molecule has 0 aliphatic rings. The van der Waals surface area contributed by atoms with Crippen LogP contribution in [0, 0.1) is 0 Å². The molecule has 4 aromatic rings. The molecule has 0 unspecified atom stereocenters. The topological polar surface area (TPSA) is 147 Å². The van der Waals surface area contributed by atoms with Crippen molar-refractivity contribution in [2.24, 2.45) is 10.7 Å². The van der Waals surface area contributed by atoms with Crippen LogP contribution in [-0.4, -0.2) is 47.2 Å². The Morgan fingerprint density at radius 3 is 2.33 bits per heavy atom. The van der Waals surface area contributed by atoms with Crippen molar-refractivity contribution in [3.8, 4) is 5.88 Å². The number of hydrogen-bond donors (Lipinski definition) is 4. The number of fused-ring (bicyclic) bond motifs is 1. The Labute approximate surface area is 206 Å². The SMILES string of the molecule is COC(=O)c1ccc2c(C(=Nc3ccc(C(=O)NCCC(N)=O)cc3)c3ccccc3)c(O)[nH]c2c1. The molecule has 5 N–H and O–H groups in total. The zero-order valence-corrected chi connectivity index (χ0v) is 19.4. The van der Waals surface area contributed by atoms with Crippen LogP contribution in [0.4, 0.5) is 5.69 Å². The molecule has 0 saturated heterocycles. The number of hydrogen-bond acceptors (Lipinski definition) is 6. The largest absolute Gasteiger partial charge is 0.494 e. The number of nitrogens with two attached hydrogens (primary N) is 1. The van der Waals surface area contributed by atoms with Crippen molar-refractivity contribution in [1.29, 1.82) is 0 Å². The minimum atomic E-state index is -0.490. The maximum atomic E-state index is 12.3. The number of rotatable bonds is 8. The lowest BCUT2D eigenvalue weighted by molar-refractivity contribution is -0.117. The quantitative estimate of drug-likeness (QED) is 0.223. The van der Waals surface area contributed by atoms with Gasteiger partial charge in [0.2, 0.25) is 5.91 Å². The fourth-order valence-electron chi connectivity index (χ4n) is 3.75. The van der Waals surface area contributed by atoms with Gasteiger partial charge < -0.3 is 25.9 Å². The average molecular weight is 485 g/mol. The van der Waals surface area contributed by atoms with Gasteiger partial charge in [-0.15, -0.1) is 0 Å². The summed E-state index contributed by atoms with van der Waals surface area (Å²) in [4.78, 5) is 42.8. The van der Waals surface area contributed by atoms with E-state index in [1.807, 2.05) is 30.3 Å². The molecule has 1 aromatic heterocycles. The number of amides is 2.